The number of nitrogens with one attached hydrogen (secondary N) is 1. The zero-order chi connectivity index (χ0) is 14.4. The van der Waals surface area contributed by atoms with Gasteiger partial charge in [0, 0.05) is 24.4 Å². The molecule has 0 radical (unpaired) electrons. The topological polar surface area (TPSA) is 82.1 Å². The van der Waals surface area contributed by atoms with E-state index < -0.39 is 0 Å². The highest BCUT2D eigenvalue weighted by atomic mass is 16.5. The molecule has 2 heterocycles. The van der Waals surface area contributed by atoms with Crippen LogP contribution in [-0.4, -0.2) is 40.2 Å². The summed E-state index contributed by atoms with van der Waals surface area (Å²) in [4.78, 5) is 16.9. The summed E-state index contributed by atoms with van der Waals surface area (Å²) in [6.45, 7) is 5.06. The molecule has 0 saturated carbocycles. The summed E-state index contributed by atoms with van der Waals surface area (Å²) in [5, 5.41) is 3.06. The largest absolute Gasteiger partial charge is 0.481 e. The summed E-state index contributed by atoms with van der Waals surface area (Å²) in [6.07, 6.45) is 1.64. The van der Waals surface area contributed by atoms with Crippen molar-refractivity contribution in [3.63, 3.8) is 0 Å². The summed E-state index contributed by atoms with van der Waals surface area (Å²) in [5.41, 5.74) is 0.791. The molecule has 0 aliphatic rings. The van der Waals surface area contributed by atoms with Gasteiger partial charge in [-0.05, 0) is 19.9 Å². The molecule has 0 aliphatic heterocycles. The quantitative estimate of drug-likeness (QED) is 0.860. The third kappa shape index (κ3) is 3.31. The maximum Gasteiger partial charge on any atom is 0.321 e. The van der Waals surface area contributed by atoms with Crippen molar-refractivity contribution in [2.45, 2.75) is 13.8 Å². The van der Waals surface area contributed by atoms with Crippen molar-refractivity contribution in [2.75, 3.05) is 25.6 Å². The smallest absolute Gasteiger partial charge is 0.321 e. The van der Waals surface area contributed by atoms with Gasteiger partial charge < -0.3 is 14.8 Å². The minimum absolute atomic E-state index is 0.296. The molecule has 106 valence electrons. The normalized spacial score (nSPS) is 10.2. The summed E-state index contributed by atoms with van der Waals surface area (Å²) < 4.78 is 10.5. The molecule has 1 N–H and O–H groups in total. The highest BCUT2D eigenvalue weighted by Crippen LogP contribution is 2.21. The molecule has 7 nitrogen and oxygen atoms in total. The van der Waals surface area contributed by atoms with Crippen LogP contribution >= 0.6 is 0 Å². The number of pyridine rings is 1. The predicted molar refractivity (Wildman–Crippen MR) is 74.9 cm³/mol. The van der Waals surface area contributed by atoms with Crippen LogP contribution in [0.1, 0.15) is 13.8 Å². The van der Waals surface area contributed by atoms with Crippen molar-refractivity contribution >= 4 is 5.95 Å². The fraction of sp³-hybridized carbons (Fsp3) is 0.385. The minimum atomic E-state index is 0.296. The Labute approximate surface area is 117 Å². The number of nitrogens with zero attached hydrogens (tertiary/aromatic N) is 4. The van der Waals surface area contributed by atoms with Crippen LogP contribution in [0.25, 0.3) is 11.4 Å². The van der Waals surface area contributed by atoms with Gasteiger partial charge in [-0.1, -0.05) is 0 Å². The lowest BCUT2D eigenvalue weighted by molar-refractivity contribution is 0.312. The molecule has 0 saturated heterocycles. The number of methoxy groups -OCH3 is 1. The fourth-order valence-electron chi connectivity index (χ4n) is 1.58. The Morgan fingerprint density at radius 3 is 2.75 bits per heavy atom. The molecule has 0 aromatic carbocycles. The molecule has 0 unspecified atom stereocenters. The highest BCUT2D eigenvalue weighted by molar-refractivity contribution is 5.57. The van der Waals surface area contributed by atoms with Crippen molar-refractivity contribution in [1.82, 2.24) is 19.9 Å². The number of aromatic nitrogens is 4. The van der Waals surface area contributed by atoms with Gasteiger partial charge in [-0.2, -0.15) is 15.0 Å². The number of anilines is 1. The molecular formula is C13H17N5O2. The third-order valence-corrected chi connectivity index (χ3v) is 2.43. The summed E-state index contributed by atoms with van der Waals surface area (Å²) in [6, 6.07) is 3.87. The van der Waals surface area contributed by atoms with E-state index in [4.69, 9.17) is 9.47 Å². The van der Waals surface area contributed by atoms with Crippen LogP contribution in [0, 0.1) is 0 Å². The van der Waals surface area contributed by atoms with Crippen LogP contribution in [0.4, 0.5) is 5.95 Å². The first-order chi connectivity index (χ1) is 9.76. The first kappa shape index (κ1) is 14.0. The molecule has 0 aliphatic carbocycles. The molecule has 7 heteroatoms. The lowest BCUT2D eigenvalue weighted by atomic mass is 10.2. The molecule has 2 aromatic heterocycles. The molecule has 0 bridgehead atoms. The van der Waals surface area contributed by atoms with E-state index >= 15 is 0 Å². The molecule has 0 amide bonds. The van der Waals surface area contributed by atoms with Crippen LogP contribution in [0.3, 0.4) is 0 Å². The number of hydrogen-bond donors (Lipinski definition) is 1. The fourth-order valence-corrected chi connectivity index (χ4v) is 1.58. The van der Waals surface area contributed by atoms with Crippen molar-refractivity contribution in [3.8, 4) is 23.3 Å². The number of ether oxygens (including phenoxy) is 2. The van der Waals surface area contributed by atoms with Crippen LogP contribution < -0.4 is 14.8 Å². The van der Waals surface area contributed by atoms with E-state index in [2.05, 4.69) is 25.3 Å². The lowest BCUT2D eigenvalue weighted by Gasteiger charge is -2.08. The molecule has 0 atom stereocenters. The summed E-state index contributed by atoms with van der Waals surface area (Å²) in [5.74, 6) is 1.50. The van der Waals surface area contributed by atoms with Gasteiger partial charge in [-0.15, -0.1) is 0 Å². The second-order valence-electron chi connectivity index (χ2n) is 3.82. The molecule has 0 spiro atoms. The SMILES string of the molecule is CCNc1nc(OCC)nc(-c2ccnc(OC)c2)n1. The van der Waals surface area contributed by atoms with Gasteiger partial charge in [0.1, 0.15) is 0 Å². The van der Waals surface area contributed by atoms with Gasteiger partial charge in [-0.3, -0.25) is 0 Å². The van der Waals surface area contributed by atoms with Gasteiger partial charge >= 0.3 is 6.01 Å². The van der Waals surface area contributed by atoms with Gasteiger partial charge in [0.05, 0.1) is 13.7 Å². The summed E-state index contributed by atoms with van der Waals surface area (Å²) in [7, 11) is 1.56. The van der Waals surface area contributed by atoms with Crippen molar-refractivity contribution in [1.29, 1.82) is 0 Å². The van der Waals surface area contributed by atoms with Gasteiger partial charge in [-0.25, -0.2) is 4.98 Å². The Hall–Kier alpha value is -2.44. The van der Waals surface area contributed by atoms with Gasteiger partial charge in [0.2, 0.25) is 11.8 Å². The lowest BCUT2D eigenvalue weighted by Crippen LogP contribution is -2.07. The number of rotatable bonds is 6. The zero-order valence-corrected chi connectivity index (χ0v) is 11.8. The zero-order valence-electron chi connectivity index (χ0n) is 11.8. The average molecular weight is 275 g/mol. The van der Waals surface area contributed by atoms with Gasteiger partial charge in [0.25, 0.3) is 0 Å². The van der Waals surface area contributed by atoms with Gasteiger partial charge in [0.15, 0.2) is 5.82 Å². The number of hydrogen-bond acceptors (Lipinski definition) is 7. The van der Waals surface area contributed by atoms with E-state index in [1.54, 1.807) is 19.4 Å². The Balaban J connectivity index is 2.42. The minimum Gasteiger partial charge on any atom is -0.481 e. The van der Waals surface area contributed by atoms with E-state index in [0.717, 1.165) is 5.56 Å². The predicted octanol–water partition coefficient (Wildman–Crippen LogP) is 1.77. The van der Waals surface area contributed by atoms with Crippen LogP contribution in [0.2, 0.25) is 0 Å². The molecular weight excluding hydrogens is 258 g/mol. The van der Waals surface area contributed by atoms with Crippen LogP contribution in [0.5, 0.6) is 11.9 Å². The monoisotopic (exact) mass is 275 g/mol. The Kier molecular flexibility index (Phi) is 4.65. The maximum absolute atomic E-state index is 5.36. The van der Waals surface area contributed by atoms with Crippen molar-refractivity contribution < 1.29 is 9.47 Å². The first-order valence-electron chi connectivity index (χ1n) is 6.40. The third-order valence-electron chi connectivity index (χ3n) is 2.43. The van der Waals surface area contributed by atoms with Crippen molar-refractivity contribution in [3.05, 3.63) is 18.3 Å². The van der Waals surface area contributed by atoms with Crippen LogP contribution in [-0.2, 0) is 0 Å². The maximum atomic E-state index is 5.36. The Morgan fingerprint density at radius 1 is 1.20 bits per heavy atom. The van der Waals surface area contributed by atoms with E-state index in [1.807, 2.05) is 19.9 Å². The van der Waals surface area contributed by atoms with Crippen LogP contribution in [0.15, 0.2) is 18.3 Å². The summed E-state index contributed by atoms with van der Waals surface area (Å²) >= 11 is 0. The van der Waals surface area contributed by atoms with Crippen molar-refractivity contribution in [2.24, 2.45) is 0 Å². The molecule has 20 heavy (non-hydrogen) atoms. The highest BCUT2D eigenvalue weighted by Gasteiger charge is 2.10. The second kappa shape index (κ2) is 6.65. The molecule has 2 aromatic rings. The standard InChI is InChI=1S/C13H17N5O2/c1-4-14-12-16-11(17-13(18-12)20-5-2)9-6-7-15-10(8-9)19-3/h6-8H,4-5H2,1-3H3,(H,14,16,17,18). The molecule has 2 rings (SSSR count). The van der Waals surface area contributed by atoms with E-state index in [0.29, 0.717) is 36.8 Å². The van der Waals surface area contributed by atoms with E-state index in [-0.39, 0.29) is 0 Å². The van der Waals surface area contributed by atoms with E-state index in [9.17, 15) is 0 Å². The first-order valence-corrected chi connectivity index (χ1v) is 6.40. The second-order valence-corrected chi connectivity index (χ2v) is 3.82. The van der Waals surface area contributed by atoms with E-state index in [1.165, 1.54) is 0 Å². The average Bonchev–Trinajstić information content (AvgIpc) is 2.48. The Morgan fingerprint density at radius 2 is 2.05 bits per heavy atom. The Bertz CT molecular complexity index is 552. The molecule has 0 fully saturated rings.